The van der Waals surface area contributed by atoms with Crippen LogP contribution in [-0.4, -0.2) is 5.97 Å². The Labute approximate surface area is 124 Å². The topological polar surface area (TPSA) is 50.1 Å². The maximum Gasteiger partial charge on any atom is 0.331 e. The first-order chi connectivity index (χ1) is 10.2. The van der Waals surface area contributed by atoms with Gasteiger partial charge in [0, 0.05) is 6.08 Å². The molecule has 0 saturated carbocycles. The van der Waals surface area contributed by atoms with Gasteiger partial charge in [-0.25, -0.2) is 4.79 Å². The standard InChI is InChI=1S/C18H15NO2/c1-14-2-4-15(5-3-14)10-11-18(20)21-13-17-8-6-16(12-19)7-9-17/h2-11H,13H2,1H3/b11-10+. The Kier molecular flexibility index (Phi) is 4.89. The fraction of sp³-hybridized carbons (Fsp3) is 0.111. The lowest BCUT2D eigenvalue weighted by molar-refractivity contribution is -0.138. The van der Waals surface area contributed by atoms with E-state index in [9.17, 15) is 4.79 Å². The van der Waals surface area contributed by atoms with Gasteiger partial charge < -0.3 is 4.74 Å². The second kappa shape index (κ2) is 7.06. The van der Waals surface area contributed by atoms with Crippen LogP contribution in [0.5, 0.6) is 0 Å². The quantitative estimate of drug-likeness (QED) is 0.633. The molecule has 0 aliphatic rings. The van der Waals surface area contributed by atoms with Gasteiger partial charge in [0.1, 0.15) is 6.61 Å². The number of esters is 1. The number of hydrogen-bond acceptors (Lipinski definition) is 3. The monoisotopic (exact) mass is 277 g/mol. The Hall–Kier alpha value is -2.86. The highest BCUT2D eigenvalue weighted by atomic mass is 16.5. The summed E-state index contributed by atoms with van der Waals surface area (Å²) in [4.78, 5) is 11.6. The zero-order valence-corrected chi connectivity index (χ0v) is 11.7. The largest absolute Gasteiger partial charge is 0.458 e. The summed E-state index contributed by atoms with van der Waals surface area (Å²) in [5.74, 6) is -0.389. The van der Waals surface area contributed by atoms with Crippen LogP contribution in [0.3, 0.4) is 0 Å². The predicted molar refractivity (Wildman–Crippen MR) is 81.2 cm³/mol. The van der Waals surface area contributed by atoms with E-state index in [0.717, 1.165) is 11.1 Å². The average Bonchev–Trinajstić information content (AvgIpc) is 2.53. The molecule has 0 aliphatic heterocycles. The van der Waals surface area contributed by atoms with Gasteiger partial charge in [0.2, 0.25) is 0 Å². The lowest BCUT2D eigenvalue weighted by atomic mass is 10.1. The van der Waals surface area contributed by atoms with E-state index in [2.05, 4.69) is 0 Å². The summed E-state index contributed by atoms with van der Waals surface area (Å²) in [5.41, 5.74) is 3.57. The molecule has 0 N–H and O–H groups in total. The second-order valence-electron chi connectivity index (χ2n) is 4.66. The van der Waals surface area contributed by atoms with E-state index >= 15 is 0 Å². The highest BCUT2D eigenvalue weighted by molar-refractivity contribution is 5.87. The van der Waals surface area contributed by atoms with Gasteiger partial charge in [-0.1, -0.05) is 42.0 Å². The molecule has 0 spiro atoms. The van der Waals surface area contributed by atoms with Gasteiger partial charge in [0.25, 0.3) is 0 Å². The van der Waals surface area contributed by atoms with E-state index < -0.39 is 0 Å². The van der Waals surface area contributed by atoms with Crippen molar-refractivity contribution in [2.45, 2.75) is 13.5 Å². The van der Waals surface area contributed by atoms with Crippen molar-refractivity contribution >= 4 is 12.0 Å². The van der Waals surface area contributed by atoms with Crippen LogP contribution in [0.4, 0.5) is 0 Å². The summed E-state index contributed by atoms with van der Waals surface area (Å²) in [7, 11) is 0. The summed E-state index contributed by atoms with van der Waals surface area (Å²) in [5, 5.41) is 8.70. The molecule has 104 valence electrons. The van der Waals surface area contributed by atoms with Gasteiger partial charge in [-0.15, -0.1) is 0 Å². The van der Waals surface area contributed by atoms with Crippen LogP contribution in [0.2, 0.25) is 0 Å². The highest BCUT2D eigenvalue weighted by Crippen LogP contribution is 2.07. The van der Waals surface area contributed by atoms with Crippen molar-refractivity contribution in [1.29, 1.82) is 5.26 Å². The summed E-state index contributed by atoms with van der Waals surface area (Å²) in [6, 6.07) is 16.9. The van der Waals surface area contributed by atoms with Gasteiger partial charge in [-0.2, -0.15) is 5.26 Å². The number of rotatable bonds is 4. The Morgan fingerprint density at radius 3 is 2.43 bits per heavy atom. The van der Waals surface area contributed by atoms with Gasteiger partial charge in [0.05, 0.1) is 11.6 Å². The fourth-order valence-corrected chi connectivity index (χ4v) is 1.72. The predicted octanol–water partition coefficient (Wildman–Crippen LogP) is 3.62. The van der Waals surface area contributed by atoms with Crippen molar-refractivity contribution in [3.8, 4) is 6.07 Å². The first-order valence-electron chi connectivity index (χ1n) is 6.58. The molecule has 3 heteroatoms. The van der Waals surface area contributed by atoms with E-state index in [1.165, 1.54) is 11.6 Å². The molecule has 0 fully saturated rings. The van der Waals surface area contributed by atoms with Crippen molar-refractivity contribution in [3.05, 3.63) is 76.9 Å². The molecule has 2 rings (SSSR count). The summed E-state index contributed by atoms with van der Waals surface area (Å²) >= 11 is 0. The smallest absolute Gasteiger partial charge is 0.331 e. The number of nitriles is 1. The number of ether oxygens (including phenoxy) is 1. The number of aryl methyl sites for hydroxylation is 1. The molecule has 0 radical (unpaired) electrons. The Bertz CT molecular complexity index is 677. The van der Waals surface area contributed by atoms with Crippen LogP contribution in [0.1, 0.15) is 22.3 Å². The molecule has 2 aromatic rings. The van der Waals surface area contributed by atoms with Crippen LogP contribution >= 0.6 is 0 Å². The summed E-state index contributed by atoms with van der Waals surface area (Å²) in [6.45, 7) is 2.21. The van der Waals surface area contributed by atoms with Crippen LogP contribution in [0, 0.1) is 18.3 Å². The third-order valence-corrected chi connectivity index (χ3v) is 2.95. The van der Waals surface area contributed by atoms with Crippen molar-refractivity contribution in [1.82, 2.24) is 0 Å². The van der Waals surface area contributed by atoms with Crippen LogP contribution in [-0.2, 0) is 16.1 Å². The first-order valence-corrected chi connectivity index (χ1v) is 6.58. The molecular formula is C18H15NO2. The van der Waals surface area contributed by atoms with E-state index in [-0.39, 0.29) is 12.6 Å². The van der Waals surface area contributed by atoms with E-state index in [1.807, 2.05) is 37.3 Å². The molecule has 0 aliphatic carbocycles. The van der Waals surface area contributed by atoms with Gasteiger partial charge in [0.15, 0.2) is 0 Å². The second-order valence-corrected chi connectivity index (χ2v) is 4.66. The molecule has 3 nitrogen and oxygen atoms in total. The zero-order chi connectivity index (χ0) is 15.1. The minimum Gasteiger partial charge on any atom is -0.458 e. The summed E-state index contributed by atoms with van der Waals surface area (Å²) in [6.07, 6.45) is 3.13. The number of nitrogens with zero attached hydrogens (tertiary/aromatic N) is 1. The van der Waals surface area contributed by atoms with Crippen LogP contribution < -0.4 is 0 Å². The third kappa shape index (κ3) is 4.63. The van der Waals surface area contributed by atoms with Crippen molar-refractivity contribution in [2.24, 2.45) is 0 Å². The molecule has 2 aromatic carbocycles. The summed E-state index contributed by atoms with van der Waals surface area (Å²) < 4.78 is 5.14. The molecule has 0 saturated heterocycles. The van der Waals surface area contributed by atoms with E-state index in [0.29, 0.717) is 5.56 Å². The third-order valence-electron chi connectivity index (χ3n) is 2.95. The van der Waals surface area contributed by atoms with Gasteiger partial charge >= 0.3 is 5.97 Å². The maximum atomic E-state index is 11.6. The SMILES string of the molecule is Cc1ccc(/C=C/C(=O)OCc2ccc(C#N)cc2)cc1. The lowest BCUT2D eigenvalue weighted by Gasteiger charge is -2.02. The zero-order valence-electron chi connectivity index (χ0n) is 11.7. The number of carbonyl (C=O) groups excluding carboxylic acids is 1. The van der Waals surface area contributed by atoms with Crippen LogP contribution in [0.15, 0.2) is 54.6 Å². The van der Waals surface area contributed by atoms with Gasteiger partial charge in [-0.3, -0.25) is 0 Å². The Balaban J connectivity index is 1.86. The molecule has 0 bridgehead atoms. The Morgan fingerprint density at radius 1 is 1.14 bits per heavy atom. The van der Waals surface area contributed by atoms with Crippen molar-refractivity contribution < 1.29 is 9.53 Å². The normalized spacial score (nSPS) is 10.3. The fourth-order valence-electron chi connectivity index (χ4n) is 1.72. The highest BCUT2D eigenvalue weighted by Gasteiger charge is 1.99. The molecule has 21 heavy (non-hydrogen) atoms. The van der Waals surface area contributed by atoms with E-state index in [4.69, 9.17) is 10.00 Å². The Morgan fingerprint density at radius 2 is 1.81 bits per heavy atom. The average molecular weight is 277 g/mol. The lowest BCUT2D eigenvalue weighted by Crippen LogP contribution is -2.00. The van der Waals surface area contributed by atoms with Gasteiger partial charge in [-0.05, 0) is 36.3 Å². The molecule has 0 atom stereocenters. The van der Waals surface area contributed by atoms with Crippen LogP contribution in [0.25, 0.3) is 6.08 Å². The molecule has 0 unspecified atom stereocenters. The molecular weight excluding hydrogens is 262 g/mol. The number of hydrogen-bond donors (Lipinski definition) is 0. The number of benzene rings is 2. The van der Waals surface area contributed by atoms with E-state index in [1.54, 1.807) is 30.3 Å². The minimum atomic E-state index is -0.389. The molecule has 0 heterocycles. The minimum absolute atomic E-state index is 0.197. The van der Waals surface area contributed by atoms with Crippen molar-refractivity contribution in [3.63, 3.8) is 0 Å². The first kappa shape index (κ1) is 14.5. The van der Waals surface area contributed by atoms with Crippen molar-refractivity contribution in [2.75, 3.05) is 0 Å². The molecule has 0 amide bonds. The maximum absolute atomic E-state index is 11.6. The molecule has 0 aromatic heterocycles. The number of carbonyl (C=O) groups is 1.